The Hall–Kier alpha value is -0.620. The lowest BCUT2D eigenvalue weighted by Gasteiger charge is -2.07. The van der Waals surface area contributed by atoms with Gasteiger partial charge in [-0.25, -0.2) is 4.39 Å². The van der Waals surface area contributed by atoms with Crippen LogP contribution in [0, 0.1) is 5.82 Å². The Morgan fingerprint density at radius 3 is 2.73 bits per heavy atom. The molecule has 0 fully saturated rings. The fraction of sp³-hybridized carbons (Fsp3) is 0.222. The molecule has 0 atom stereocenters. The summed E-state index contributed by atoms with van der Waals surface area (Å²) < 4.78 is 18.8. The molecule has 0 aliphatic heterocycles. The molecule has 0 saturated heterocycles. The van der Waals surface area contributed by atoms with E-state index in [-0.39, 0.29) is 22.8 Å². The minimum Gasteiger partial charge on any atom is -0.496 e. The first-order chi connectivity index (χ1) is 6.70. The first-order valence-corrected chi connectivity index (χ1v) is 4.72. The van der Waals surface area contributed by atoms with E-state index in [1.54, 1.807) is 19.2 Å². The fourth-order valence-corrected chi connectivity index (χ4v) is 1.59. The predicted molar refractivity (Wildman–Crippen MR) is 67.8 cm³/mol. The lowest BCUT2D eigenvalue weighted by molar-refractivity contribution is 0.410. The molecule has 0 bridgehead atoms. The van der Waals surface area contributed by atoms with E-state index >= 15 is 0 Å². The molecule has 0 unspecified atom stereocenters. The van der Waals surface area contributed by atoms with Crippen LogP contribution in [0.1, 0.15) is 5.56 Å². The number of benzene rings is 1. The third kappa shape index (κ3) is 3.46. The van der Waals surface area contributed by atoms with Gasteiger partial charge in [-0.1, -0.05) is 6.07 Å². The molecule has 1 aromatic rings. The average Bonchev–Trinajstić information content (AvgIpc) is 2.17. The first kappa shape index (κ1) is 14.4. The molecule has 6 heteroatoms. The molecule has 0 amide bonds. The van der Waals surface area contributed by atoms with Crippen molar-refractivity contribution in [3.8, 4) is 5.75 Å². The highest BCUT2D eigenvalue weighted by Crippen LogP contribution is 2.23. The summed E-state index contributed by atoms with van der Waals surface area (Å²) in [6, 6.07) is 4.60. The first-order valence-electron chi connectivity index (χ1n) is 3.93. The van der Waals surface area contributed by atoms with E-state index in [4.69, 9.17) is 4.74 Å². The van der Waals surface area contributed by atoms with Gasteiger partial charge >= 0.3 is 0 Å². The van der Waals surface area contributed by atoms with Crippen molar-refractivity contribution in [2.75, 3.05) is 14.2 Å². The normalized spacial score (nSPS) is 10.5. The van der Waals surface area contributed by atoms with Crippen LogP contribution >= 0.6 is 32.9 Å². The molecule has 1 rings (SSSR count). The molecule has 0 aliphatic rings. The van der Waals surface area contributed by atoms with E-state index in [9.17, 15) is 4.39 Å². The summed E-state index contributed by atoms with van der Waals surface area (Å²) in [6.07, 6.45) is 0. The van der Waals surface area contributed by atoms with Crippen LogP contribution in [-0.4, -0.2) is 18.8 Å². The summed E-state index contributed by atoms with van der Waals surface area (Å²) in [5.74, 6) is 0.0612. The van der Waals surface area contributed by atoms with Crippen molar-refractivity contribution in [2.45, 2.75) is 0 Å². The van der Waals surface area contributed by atoms with Gasteiger partial charge in [0.2, 0.25) is 0 Å². The van der Waals surface area contributed by atoms with Crippen molar-refractivity contribution in [1.82, 2.24) is 5.43 Å². The standard InChI is InChI=1S/C9H10BrFN2O.BrH/c1-12-13-9(10)8-6(11)4-3-5-7(8)14-2;/h3-5,12H,1-2H3;1H/b13-9-;. The Labute approximate surface area is 107 Å². The third-order valence-electron chi connectivity index (χ3n) is 1.61. The molecule has 0 aliphatic carbocycles. The van der Waals surface area contributed by atoms with Crippen LogP contribution in [0.4, 0.5) is 4.39 Å². The van der Waals surface area contributed by atoms with Crippen molar-refractivity contribution in [3.05, 3.63) is 29.6 Å². The average molecular weight is 342 g/mol. The van der Waals surface area contributed by atoms with Crippen LogP contribution in [0.3, 0.4) is 0 Å². The maximum atomic E-state index is 13.4. The summed E-state index contributed by atoms with van der Waals surface area (Å²) in [7, 11) is 3.12. The minimum absolute atomic E-state index is 0. The maximum absolute atomic E-state index is 13.4. The van der Waals surface area contributed by atoms with E-state index in [0.29, 0.717) is 15.9 Å². The third-order valence-corrected chi connectivity index (χ3v) is 2.19. The van der Waals surface area contributed by atoms with Crippen LogP contribution in [-0.2, 0) is 0 Å². The number of ether oxygens (including phenoxy) is 1. The molecule has 0 spiro atoms. The lowest BCUT2D eigenvalue weighted by Crippen LogP contribution is -2.04. The van der Waals surface area contributed by atoms with Gasteiger partial charge in [0, 0.05) is 7.05 Å². The zero-order valence-electron chi connectivity index (χ0n) is 8.25. The Bertz CT molecular complexity index is 358. The number of nitrogens with zero attached hydrogens (tertiary/aromatic N) is 1. The van der Waals surface area contributed by atoms with Gasteiger partial charge in [-0.05, 0) is 28.1 Å². The number of hydrazone groups is 1. The largest absolute Gasteiger partial charge is 0.496 e. The molecule has 0 radical (unpaired) electrons. The molecule has 84 valence electrons. The lowest BCUT2D eigenvalue weighted by atomic mass is 10.2. The summed E-state index contributed by atoms with van der Waals surface area (Å²) in [6.45, 7) is 0. The van der Waals surface area contributed by atoms with Gasteiger partial charge < -0.3 is 10.2 Å². The predicted octanol–water partition coefficient (Wildman–Crippen LogP) is 2.69. The van der Waals surface area contributed by atoms with Gasteiger partial charge in [0.1, 0.15) is 16.2 Å². The number of rotatable bonds is 3. The Morgan fingerprint density at radius 1 is 1.53 bits per heavy atom. The van der Waals surface area contributed by atoms with Crippen LogP contribution < -0.4 is 10.2 Å². The van der Waals surface area contributed by atoms with E-state index in [1.807, 2.05) is 0 Å². The number of hydrogen-bond acceptors (Lipinski definition) is 3. The monoisotopic (exact) mass is 340 g/mol. The summed E-state index contributed by atoms with van der Waals surface area (Å²) >= 11 is 3.16. The number of halogens is 3. The Kier molecular flexibility index (Phi) is 6.51. The second kappa shape index (κ2) is 6.79. The van der Waals surface area contributed by atoms with Gasteiger partial charge in [-0.15, -0.1) is 17.0 Å². The highest BCUT2D eigenvalue weighted by molar-refractivity contribution is 9.18. The van der Waals surface area contributed by atoms with Crippen molar-refractivity contribution in [3.63, 3.8) is 0 Å². The molecule has 0 saturated carbocycles. The topological polar surface area (TPSA) is 33.6 Å². The molecule has 1 aromatic carbocycles. The maximum Gasteiger partial charge on any atom is 0.139 e. The minimum atomic E-state index is -0.379. The Morgan fingerprint density at radius 2 is 2.20 bits per heavy atom. The van der Waals surface area contributed by atoms with Crippen molar-refractivity contribution in [2.24, 2.45) is 5.10 Å². The van der Waals surface area contributed by atoms with E-state index in [0.717, 1.165) is 0 Å². The van der Waals surface area contributed by atoms with Gasteiger partial charge in [0.25, 0.3) is 0 Å². The molecule has 3 nitrogen and oxygen atoms in total. The van der Waals surface area contributed by atoms with Crippen LogP contribution in [0.15, 0.2) is 23.3 Å². The molecule has 0 heterocycles. The van der Waals surface area contributed by atoms with Crippen LogP contribution in [0.5, 0.6) is 5.75 Å². The van der Waals surface area contributed by atoms with E-state index in [2.05, 4.69) is 26.5 Å². The number of methoxy groups -OCH3 is 1. The quantitative estimate of drug-likeness (QED) is 0.677. The smallest absolute Gasteiger partial charge is 0.139 e. The van der Waals surface area contributed by atoms with E-state index in [1.165, 1.54) is 13.2 Å². The van der Waals surface area contributed by atoms with Crippen LogP contribution in [0.25, 0.3) is 0 Å². The van der Waals surface area contributed by atoms with Gasteiger partial charge in [0.05, 0.1) is 12.7 Å². The summed E-state index contributed by atoms with van der Waals surface area (Å²) in [5, 5.41) is 3.83. The fourth-order valence-electron chi connectivity index (χ4n) is 1.03. The molecule has 15 heavy (non-hydrogen) atoms. The number of nitrogens with one attached hydrogen (secondary N) is 1. The zero-order chi connectivity index (χ0) is 10.6. The SMILES string of the molecule is Br.CN/N=C(\Br)c1c(F)cccc1OC. The summed E-state index contributed by atoms with van der Waals surface area (Å²) in [4.78, 5) is 0. The Balaban J connectivity index is 0.00000196. The molecular formula is C9H11Br2FN2O. The zero-order valence-corrected chi connectivity index (χ0v) is 11.6. The van der Waals surface area contributed by atoms with Crippen molar-refractivity contribution >= 4 is 37.5 Å². The molecule has 1 N–H and O–H groups in total. The second-order valence-corrected chi connectivity index (χ2v) is 3.19. The number of hydrogen-bond donors (Lipinski definition) is 1. The van der Waals surface area contributed by atoms with Crippen molar-refractivity contribution in [1.29, 1.82) is 0 Å². The van der Waals surface area contributed by atoms with Gasteiger partial charge in [-0.3, -0.25) is 0 Å². The van der Waals surface area contributed by atoms with Crippen LogP contribution in [0.2, 0.25) is 0 Å². The highest BCUT2D eigenvalue weighted by Gasteiger charge is 2.12. The highest BCUT2D eigenvalue weighted by atomic mass is 79.9. The van der Waals surface area contributed by atoms with E-state index < -0.39 is 0 Å². The van der Waals surface area contributed by atoms with Gasteiger partial charge in [-0.2, -0.15) is 5.10 Å². The second-order valence-electron chi connectivity index (χ2n) is 2.44. The summed E-state index contributed by atoms with van der Waals surface area (Å²) in [5.41, 5.74) is 2.87. The van der Waals surface area contributed by atoms with Gasteiger partial charge in [0.15, 0.2) is 0 Å². The molecule has 0 aromatic heterocycles. The van der Waals surface area contributed by atoms with Crippen molar-refractivity contribution < 1.29 is 9.13 Å². The molecular weight excluding hydrogens is 331 g/mol.